The Morgan fingerprint density at radius 3 is 2.68 bits per heavy atom. The highest BCUT2D eigenvalue weighted by Gasteiger charge is 2.46. The van der Waals surface area contributed by atoms with E-state index >= 15 is 0 Å². The highest BCUT2D eigenvalue weighted by molar-refractivity contribution is 8.00. The number of fused-ring (bicyclic) bond motifs is 1. The molecular weight excluding hydrogens is 492 g/mol. The zero-order valence-corrected chi connectivity index (χ0v) is 20.2. The van der Waals surface area contributed by atoms with Crippen LogP contribution in [0.3, 0.4) is 0 Å². The second-order valence-corrected chi connectivity index (χ2v) is 11.2. The van der Waals surface area contributed by atoms with Gasteiger partial charge in [-0.05, 0) is 56.3 Å². The van der Waals surface area contributed by atoms with Gasteiger partial charge in [0.1, 0.15) is 18.2 Å². The minimum Gasteiger partial charge on any atom is -0.488 e. The van der Waals surface area contributed by atoms with Crippen LogP contribution < -0.4 is 9.64 Å². The summed E-state index contributed by atoms with van der Waals surface area (Å²) in [6, 6.07) is 9.63. The van der Waals surface area contributed by atoms with Crippen molar-refractivity contribution in [2.75, 3.05) is 31.6 Å². The van der Waals surface area contributed by atoms with Crippen molar-refractivity contribution in [1.29, 1.82) is 0 Å². The van der Waals surface area contributed by atoms with Crippen molar-refractivity contribution < 1.29 is 32.2 Å². The van der Waals surface area contributed by atoms with Crippen LogP contribution in [-0.4, -0.2) is 59.0 Å². The number of benzene rings is 2. The fourth-order valence-corrected chi connectivity index (χ4v) is 6.01. The van der Waals surface area contributed by atoms with E-state index in [1.54, 1.807) is 24.3 Å². The third-order valence-electron chi connectivity index (χ3n) is 5.62. The molecule has 1 N–H and O–H groups in total. The van der Waals surface area contributed by atoms with Crippen molar-refractivity contribution in [1.82, 2.24) is 4.31 Å². The number of hydrogen-bond donors (Lipinski definition) is 1. The van der Waals surface area contributed by atoms with Crippen LogP contribution in [0.1, 0.15) is 19.8 Å². The molecule has 5 nitrogen and oxygen atoms in total. The number of carboxylic acid groups (broad SMARTS) is 1. The number of halogens is 4. The highest BCUT2D eigenvalue weighted by Crippen LogP contribution is 2.51. The summed E-state index contributed by atoms with van der Waals surface area (Å²) in [5.74, 6) is -4.52. The van der Waals surface area contributed by atoms with Gasteiger partial charge in [0.25, 0.3) is 0 Å². The summed E-state index contributed by atoms with van der Waals surface area (Å²) in [5, 5.41) is 8.74. The Morgan fingerprint density at radius 2 is 2.03 bits per heavy atom. The molecule has 1 atom stereocenters. The monoisotopic (exact) mass is 516 g/mol. The zero-order valence-electron chi connectivity index (χ0n) is 18.6. The smallest absolute Gasteiger partial charge is 0.344 e. The maximum Gasteiger partial charge on any atom is 0.344 e. The molecule has 0 saturated heterocycles. The Labute approximate surface area is 203 Å². The van der Waals surface area contributed by atoms with Gasteiger partial charge >= 0.3 is 5.97 Å². The average Bonchev–Trinajstić information content (AvgIpc) is 2.88. The molecule has 11 heteroatoms. The van der Waals surface area contributed by atoms with Crippen molar-refractivity contribution >= 4 is 41.1 Å². The van der Waals surface area contributed by atoms with Gasteiger partial charge in [-0.3, -0.25) is 0 Å². The van der Waals surface area contributed by atoms with Crippen LogP contribution in [0.25, 0.3) is 0 Å². The molecule has 1 aliphatic carbocycles. The van der Waals surface area contributed by atoms with Gasteiger partial charge in [0.05, 0.1) is 15.5 Å². The number of rotatable bonds is 7. The van der Waals surface area contributed by atoms with Gasteiger partial charge in [-0.1, -0.05) is 6.07 Å². The molecule has 2 aromatic carbocycles. The third-order valence-corrected chi connectivity index (χ3v) is 7.88. The lowest BCUT2D eigenvalue weighted by Gasteiger charge is -2.35. The summed E-state index contributed by atoms with van der Waals surface area (Å²) in [6.45, 7) is 1.37. The number of aliphatic carboxylic acids is 1. The van der Waals surface area contributed by atoms with Crippen LogP contribution in [0.15, 0.2) is 46.2 Å². The lowest BCUT2D eigenvalue weighted by atomic mass is 9.94. The first-order valence-electron chi connectivity index (χ1n) is 10.6. The van der Waals surface area contributed by atoms with Gasteiger partial charge in [-0.25, -0.2) is 26.7 Å². The van der Waals surface area contributed by atoms with Gasteiger partial charge in [-0.2, -0.15) is 0 Å². The summed E-state index contributed by atoms with van der Waals surface area (Å²) < 4.78 is 62.9. The molecule has 2 aromatic rings. The molecular formula is C23H24F4N2O3S2. The van der Waals surface area contributed by atoms with E-state index in [-0.39, 0.29) is 29.7 Å². The predicted octanol–water partition coefficient (Wildman–Crippen LogP) is 6.00. The average molecular weight is 517 g/mol. The van der Waals surface area contributed by atoms with E-state index < -0.39 is 24.2 Å². The molecule has 1 saturated carbocycles. The number of alkyl halides is 3. The molecule has 0 radical (unpaired) electrons. The number of nitrogens with zero attached hydrogens (tertiary/aromatic N) is 2. The summed E-state index contributed by atoms with van der Waals surface area (Å²) >= 11 is 2.62. The Hall–Kier alpha value is -2.11. The number of likely N-dealkylation sites (N-methyl/N-ethyl adjacent to an activating group) is 1. The third kappa shape index (κ3) is 5.58. The predicted molar refractivity (Wildman–Crippen MR) is 125 cm³/mol. The van der Waals surface area contributed by atoms with Crippen LogP contribution in [0, 0.1) is 5.82 Å². The number of ether oxygens (including phenoxy) is 1. The minimum atomic E-state index is -2.71. The van der Waals surface area contributed by atoms with E-state index in [0.29, 0.717) is 23.7 Å². The molecule has 1 unspecified atom stereocenters. The van der Waals surface area contributed by atoms with Crippen LogP contribution in [0.5, 0.6) is 5.75 Å². The fraction of sp³-hybridized carbons (Fsp3) is 0.435. The topological polar surface area (TPSA) is 53.0 Å². The molecule has 34 heavy (non-hydrogen) atoms. The minimum absolute atomic E-state index is 0.228. The second-order valence-electron chi connectivity index (χ2n) is 8.64. The maximum atomic E-state index is 14.4. The summed E-state index contributed by atoms with van der Waals surface area (Å²) in [5.41, 5.74) is -1.24. The van der Waals surface area contributed by atoms with E-state index in [9.17, 15) is 22.4 Å². The van der Waals surface area contributed by atoms with E-state index in [2.05, 4.69) is 0 Å². The molecule has 4 rings (SSSR count). The first kappa shape index (κ1) is 25.0. The van der Waals surface area contributed by atoms with Crippen molar-refractivity contribution in [3.05, 3.63) is 42.2 Å². The van der Waals surface area contributed by atoms with Crippen LogP contribution in [-0.2, 0) is 4.79 Å². The van der Waals surface area contributed by atoms with E-state index in [1.807, 2.05) is 16.3 Å². The fourth-order valence-electron chi connectivity index (χ4n) is 3.65. The molecule has 1 heterocycles. The maximum absolute atomic E-state index is 14.4. The Kier molecular flexibility index (Phi) is 6.99. The molecule has 0 amide bonds. The van der Waals surface area contributed by atoms with E-state index in [1.165, 1.54) is 35.8 Å². The number of thioether (sulfide) groups is 1. The number of carboxylic acids is 1. The summed E-state index contributed by atoms with van der Waals surface area (Å²) in [6.07, 6.45) is -0.565. The van der Waals surface area contributed by atoms with Crippen molar-refractivity contribution in [3.63, 3.8) is 0 Å². The standard InChI is InChI=1S/C23H24F4N2O3S2/c1-22(25,21(30)31)13-32-18-10-19-17(9-20(18)33-16-11-23(26,27)12-16)29(7-6-28(2)34-19)15-5-3-4-14(24)8-15/h3-5,8-10,16H,6-7,11-13H2,1-2H3,(H,30,31). The van der Waals surface area contributed by atoms with E-state index in [4.69, 9.17) is 9.84 Å². The SMILES string of the molecule is CN1CCN(c2cccc(F)c2)c2cc(SC3CC(F)(F)C3)c(OCC(C)(F)C(=O)O)cc2S1. The summed E-state index contributed by atoms with van der Waals surface area (Å²) in [4.78, 5) is 14.4. The normalized spacial score (nSPS) is 20.1. The first-order valence-corrected chi connectivity index (χ1v) is 12.3. The molecule has 1 aliphatic heterocycles. The summed E-state index contributed by atoms with van der Waals surface area (Å²) in [7, 11) is 1.90. The molecule has 0 aromatic heterocycles. The van der Waals surface area contributed by atoms with Gasteiger partial charge < -0.3 is 14.7 Å². The molecule has 184 valence electrons. The van der Waals surface area contributed by atoms with Gasteiger partial charge in [0.2, 0.25) is 11.6 Å². The molecule has 1 fully saturated rings. The van der Waals surface area contributed by atoms with Crippen molar-refractivity contribution in [2.45, 2.75) is 46.4 Å². The first-order chi connectivity index (χ1) is 15.9. The van der Waals surface area contributed by atoms with Crippen LogP contribution in [0.4, 0.5) is 28.9 Å². The largest absolute Gasteiger partial charge is 0.488 e. The Balaban J connectivity index is 1.73. The van der Waals surface area contributed by atoms with E-state index in [0.717, 1.165) is 17.5 Å². The second kappa shape index (κ2) is 9.50. The Morgan fingerprint density at radius 1 is 1.29 bits per heavy atom. The van der Waals surface area contributed by atoms with Crippen molar-refractivity contribution in [2.24, 2.45) is 0 Å². The van der Waals surface area contributed by atoms with Gasteiger partial charge in [-0.15, -0.1) is 11.8 Å². The lowest BCUT2D eigenvalue weighted by Crippen LogP contribution is -2.37. The van der Waals surface area contributed by atoms with Crippen LogP contribution >= 0.6 is 23.7 Å². The number of anilines is 2. The lowest BCUT2D eigenvalue weighted by molar-refractivity contribution is -0.151. The zero-order chi connectivity index (χ0) is 24.7. The quantitative estimate of drug-likeness (QED) is 0.358. The molecule has 0 spiro atoms. The highest BCUT2D eigenvalue weighted by atomic mass is 32.2. The van der Waals surface area contributed by atoms with Crippen LogP contribution in [0.2, 0.25) is 0 Å². The Bertz CT molecular complexity index is 1080. The number of carbonyl (C=O) groups is 1. The van der Waals surface area contributed by atoms with Gasteiger partial charge in [0.15, 0.2) is 0 Å². The molecule has 0 bridgehead atoms. The number of hydrogen-bond acceptors (Lipinski definition) is 6. The molecule has 2 aliphatic rings. The van der Waals surface area contributed by atoms with Crippen molar-refractivity contribution in [3.8, 4) is 5.75 Å². The van der Waals surface area contributed by atoms with Gasteiger partial charge in [0, 0.05) is 36.9 Å².